The van der Waals surface area contributed by atoms with Gasteiger partial charge in [0, 0.05) is 18.1 Å². The molecule has 1 aromatic carbocycles. The van der Waals surface area contributed by atoms with Crippen molar-refractivity contribution in [1.29, 1.82) is 0 Å². The molecule has 0 radical (unpaired) electrons. The molecule has 1 aromatic rings. The summed E-state index contributed by atoms with van der Waals surface area (Å²) in [7, 11) is 0. The summed E-state index contributed by atoms with van der Waals surface area (Å²) in [6, 6.07) is 8.24. The monoisotopic (exact) mass is 276 g/mol. The number of nitrogens with one attached hydrogen (secondary N) is 2. The second-order valence-electron chi connectivity index (χ2n) is 6.38. The van der Waals surface area contributed by atoms with Gasteiger partial charge in [-0.05, 0) is 51.3 Å². The van der Waals surface area contributed by atoms with Gasteiger partial charge in [-0.15, -0.1) is 0 Å². The molecule has 0 bridgehead atoms. The summed E-state index contributed by atoms with van der Waals surface area (Å²) in [5, 5.41) is 6.34. The lowest BCUT2D eigenvalue weighted by Gasteiger charge is -2.20. The van der Waals surface area contributed by atoms with Crippen molar-refractivity contribution in [3.8, 4) is 5.75 Å². The first kappa shape index (κ1) is 14.9. The van der Waals surface area contributed by atoms with Gasteiger partial charge in [0.1, 0.15) is 5.75 Å². The molecule has 110 valence electrons. The van der Waals surface area contributed by atoms with Crippen LogP contribution in [0, 0.1) is 0 Å². The van der Waals surface area contributed by atoms with Crippen LogP contribution in [0.1, 0.15) is 39.2 Å². The van der Waals surface area contributed by atoms with Gasteiger partial charge in [-0.25, -0.2) is 0 Å². The van der Waals surface area contributed by atoms with Gasteiger partial charge >= 0.3 is 0 Å². The van der Waals surface area contributed by atoms with E-state index in [1.54, 1.807) is 0 Å². The van der Waals surface area contributed by atoms with Gasteiger partial charge in [0.05, 0.1) is 0 Å². The summed E-state index contributed by atoms with van der Waals surface area (Å²) in [5.74, 6) is 0.704. The maximum absolute atomic E-state index is 11.6. The van der Waals surface area contributed by atoms with E-state index in [9.17, 15) is 4.79 Å². The molecule has 20 heavy (non-hydrogen) atoms. The van der Waals surface area contributed by atoms with Crippen molar-refractivity contribution in [2.45, 2.75) is 51.7 Å². The minimum Gasteiger partial charge on any atom is -0.484 e. The van der Waals surface area contributed by atoms with Crippen molar-refractivity contribution in [3.63, 3.8) is 0 Å². The van der Waals surface area contributed by atoms with Crippen LogP contribution in [0.15, 0.2) is 24.3 Å². The third-order valence-electron chi connectivity index (χ3n) is 3.03. The van der Waals surface area contributed by atoms with Gasteiger partial charge in [-0.2, -0.15) is 0 Å². The number of benzene rings is 1. The smallest absolute Gasteiger partial charge is 0.258 e. The maximum atomic E-state index is 11.6. The first-order valence-electron chi connectivity index (χ1n) is 7.18. The van der Waals surface area contributed by atoms with Crippen molar-refractivity contribution in [1.82, 2.24) is 10.6 Å². The van der Waals surface area contributed by atoms with Gasteiger partial charge in [-0.1, -0.05) is 12.1 Å². The highest BCUT2D eigenvalue weighted by Gasteiger charge is 2.23. The first-order valence-corrected chi connectivity index (χ1v) is 7.18. The fourth-order valence-corrected chi connectivity index (χ4v) is 1.76. The topological polar surface area (TPSA) is 50.4 Å². The van der Waals surface area contributed by atoms with E-state index in [4.69, 9.17) is 4.74 Å². The fourth-order valence-electron chi connectivity index (χ4n) is 1.76. The summed E-state index contributed by atoms with van der Waals surface area (Å²) in [6.45, 7) is 7.28. The number of carbonyl (C=O) groups is 1. The number of hydrogen-bond acceptors (Lipinski definition) is 3. The van der Waals surface area contributed by atoms with Gasteiger partial charge < -0.3 is 15.4 Å². The number of carbonyl (C=O) groups excluding carboxylic acids is 1. The van der Waals surface area contributed by atoms with E-state index in [1.807, 2.05) is 18.2 Å². The Bertz CT molecular complexity index is 462. The van der Waals surface area contributed by atoms with Crippen LogP contribution >= 0.6 is 0 Å². The highest BCUT2D eigenvalue weighted by Crippen LogP contribution is 2.18. The zero-order chi connectivity index (χ0) is 14.6. The molecule has 0 aromatic heterocycles. The van der Waals surface area contributed by atoms with Crippen molar-refractivity contribution < 1.29 is 9.53 Å². The Hall–Kier alpha value is -1.55. The van der Waals surface area contributed by atoms with E-state index >= 15 is 0 Å². The molecule has 1 aliphatic carbocycles. The Morgan fingerprint density at radius 3 is 2.75 bits per heavy atom. The molecule has 0 aliphatic heterocycles. The quantitative estimate of drug-likeness (QED) is 0.837. The summed E-state index contributed by atoms with van der Waals surface area (Å²) in [6.07, 6.45) is 2.19. The summed E-state index contributed by atoms with van der Waals surface area (Å²) < 4.78 is 5.53. The second-order valence-corrected chi connectivity index (χ2v) is 6.38. The average molecular weight is 276 g/mol. The summed E-state index contributed by atoms with van der Waals surface area (Å²) >= 11 is 0. The van der Waals surface area contributed by atoms with E-state index in [1.165, 1.54) is 0 Å². The van der Waals surface area contributed by atoms with Crippen LogP contribution in [0.5, 0.6) is 5.75 Å². The molecule has 4 nitrogen and oxygen atoms in total. The molecule has 1 amide bonds. The molecule has 1 aliphatic rings. The molecule has 0 unspecified atom stereocenters. The van der Waals surface area contributed by atoms with Crippen LogP contribution < -0.4 is 15.4 Å². The predicted molar refractivity (Wildman–Crippen MR) is 79.7 cm³/mol. The van der Waals surface area contributed by atoms with Crippen LogP contribution in [-0.4, -0.2) is 24.1 Å². The molecule has 1 saturated carbocycles. The Balaban J connectivity index is 1.80. The second kappa shape index (κ2) is 6.27. The van der Waals surface area contributed by atoms with E-state index in [0.29, 0.717) is 6.04 Å². The lowest BCUT2D eigenvalue weighted by atomic mass is 10.1. The van der Waals surface area contributed by atoms with Crippen LogP contribution in [-0.2, 0) is 11.3 Å². The zero-order valence-corrected chi connectivity index (χ0v) is 12.5. The van der Waals surface area contributed by atoms with Gasteiger partial charge in [0.15, 0.2) is 6.61 Å². The lowest BCUT2D eigenvalue weighted by molar-refractivity contribution is -0.123. The van der Waals surface area contributed by atoms with Crippen LogP contribution in [0.4, 0.5) is 0 Å². The minimum absolute atomic E-state index is 0.0364. The van der Waals surface area contributed by atoms with E-state index in [0.717, 1.165) is 30.7 Å². The van der Waals surface area contributed by atoms with Crippen molar-refractivity contribution in [3.05, 3.63) is 29.8 Å². The molecule has 0 atom stereocenters. The van der Waals surface area contributed by atoms with Crippen LogP contribution in [0.2, 0.25) is 0 Å². The van der Waals surface area contributed by atoms with Crippen LogP contribution in [0.25, 0.3) is 0 Å². The van der Waals surface area contributed by atoms with Gasteiger partial charge in [0.25, 0.3) is 5.91 Å². The number of rotatable bonds is 6. The molecule has 1 fully saturated rings. The molecule has 4 heteroatoms. The molecular formula is C16H24N2O2. The Kier molecular flexibility index (Phi) is 4.65. The van der Waals surface area contributed by atoms with Crippen molar-refractivity contribution in [2.75, 3.05) is 6.61 Å². The number of hydrogen-bond donors (Lipinski definition) is 2. The third-order valence-corrected chi connectivity index (χ3v) is 3.03. The summed E-state index contributed by atoms with van der Waals surface area (Å²) in [4.78, 5) is 11.6. The normalized spacial score (nSPS) is 14.9. The highest BCUT2D eigenvalue weighted by atomic mass is 16.5. The molecule has 2 N–H and O–H groups in total. The Morgan fingerprint density at radius 1 is 1.35 bits per heavy atom. The molecule has 2 rings (SSSR count). The SMILES string of the molecule is CC(C)(C)NCc1cccc(OCC(=O)NC2CC2)c1. The predicted octanol–water partition coefficient (Wildman–Crippen LogP) is 2.23. The lowest BCUT2D eigenvalue weighted by Crippen LogP contribution is -2.35. The Morgan fingerprint density at radius 2 is 2.10 bits per heavy atom. The summed E-state index contributed by atoms with van der Waals surface area (Å²) in [5.41, 5.74) is 1.24. The van der Waals surface area contributed by atoms with Crippen molar-refractivity contribution >= 4 is 5.91 Å². The Labute approximate surface area is 120 Å². The molecule has 0 heterocycles. The molecular weight excluding hydrogens is 252 g/mol. The molecule has 0 saturated heterocycles. The van der Waals surface area contributed by atoms with Gasteiger partial charge in [0.2, 0.25) is 0 Å². The van der Waals surface area contributed by atoms with Gasteiger partial charge in [-0.3, -0.25) is 4.79 Å². The van der Waals surface area contributed by atoms with Crippen molar-refractivity contribution in [2.24, 2.45) is 0 Å². The van der Waals surface area contributed by atoms with E-state index < -0.39 is 0 Å². The maximum Gasteiger partial charge on any atom is 0.258 e. The third kappa shape index (κ3) is 5.61. The van der Waals surface area contributed by atoms with Crippen LogP contribution in [0.3, 0.4) is 0 Å². The fraction of sp³-hybridized carbons (Fsp3) is 0.562. The zero-order valence-electron chi connectivity index (χ0n) is 12.5. The minimum atomic E-state index is -0.0364. The first-order chi connectivity index (χ1) is 9.42. The number of amides is 1. The standard InChI is InChI=1S/C16H24N2O2/c1-16(2,3)17-10-12-5-4-6-14(9-12)20-11-15(19)18-13-7-8-13/h4-6,9,13,17H,7-8,10-11H2,1-3H3,(H,18,19). The largest absolute Gasteiger partial charge is 0.484 e. The number of ether oxygens (including phenoxy) is 1. The van der Waals surface area contributed by atoms with E-state index in [-0.39, 0.29) is 18.1 Å². The van der Waals surface area contributed by atoms with E-state index in [2.05, 4.69) is 37.5 Å². The average Bonchev–Trinajstić information content (AvgIpc) is 3.18. The highest BCUT2D eigenvalue weighted by molar-refractivity contribution is 5.78. The molecule has 0 spiro atoms.